The summed E-state index contributed by atoms with van der Waals surface area (Å²) in [7, 11) is 0. The van der Waals surface area contributed by atoms with Crippen LogP contribution in [0, 0.1) is 0 Å². The lowest BCUT2D eigenvalue weighted by Crippen LogP contribution is -2.39. The summed E-state index contributed by atoms with van der Waals surface area (Å²) in [5.41, 5.74) is 17.9. The average Bonchev–Trinajstić information content (AvgIpc) is 2.98. The molecule has 0 radical (unpaired) electrons. The fourth-order valence-corrected chi connectivity index (χ4v) is 5.62. The third-order valence-corrected chi connectivity index (χ3v) is 8.48. The monoisotopic (exact) mass is 606 g/mol. The highest BCUT2D eigenvalue weighted by Gasteiger charge is 2.18. The quantitative estimate of drug-likeness (QED) is 0.143. The summed E-state index contributed by atoms with van der Waals surface area (Å²) in [4.78, 5) is 29.9. The molecule has 2 aromatic carbocycles. The number of benzene rings is 2. The zero-order valence-electron chi connectivity index (χ0n) is 27.3. The molecule has 0 aliphatic rings. The van der Waals surface area contributed by atoms with Crippen molar-refractivity contribution < 1.29 is 9.59 Å². The Morgan fingerprint density at radius 1 is 0.674 bits per heavy atom. The maximum absolute atomic E-state index is 13.1. The van der Waals surface area contributed by atoms with Gasteiger partial charge in [0.25, 0.3) is 0 Å². The molecule has 0 bridgehead atoms. The van der Waals surface area contributed by atoms with E-state index in [0.29, 0.717) is 24.5 Å². The summed E-state index contributed by atoms with van der Waals surface area (Å²) in [6.07, 6.45) is 9.85. The molecule has 0 aromatic heterocycles. The van der Waals surface area contributed by atoms with Crippen LogP contribution >= 0.6 is 11.8 Å². The van der Waals surface area contributed by atoms with Crippen LogP contribution in [-0.2, 0) is 22.4 Å². The van der Waals surface area contributed by atoms with Crippen LogP contribution in [0.25, 0.3) is 11.4 Å². The first-order chi connectivity index (χ1) is 20.6. The van der Waals surface area contributed by atoms with E-state index in [1.807, 2.05) is 61.8 Å². The molecule has 43 heavy (non-hydrogen) atoms. The molecule has 0 atom stereocenters. The molecule has 4 N–H and O–H groups in total. The number of hydrogen-bond acceptors (Lipinski definition) is 5. The van der Waals surface area contributed by atoms with E-state index >= 15 is 0 Å². The Morgan fingerprint density at radius 2 is 1.02 bits per heavy atom. The molecule has 0 aliphatic carbocycles. The van der Waals surface area contributed by atoms with Gasteiger partial charge in [0.1, 0.15) is 0 Å². The fraction of sp³-hybridized carbons (Fsp3) is 0.500. The second kappa shape index (κ2) is 19.2. The molecule has 0 heterocycles. The number of unbranched alkanes of at least 4 members (excludes halogenated alkanes) is 2. The predicted molar refractivity (Wildman–Crippen MR) is 185 cm³/mol. The highest BCUT2D eigenvalue weighted by atomic mass is 32.2. The standard InChI is InChI=1S/C36H54N4O2S/c1-7-9-11-29-13-17-31(18-14-29)33(37)25-35(41)39(27(3)4)21-23-43-24-22-40(28(5)6)36(42)26-34(38)32-19-15-30(16-20-32)12-10-8-2/h13-20,25-28H,7-12,21-24,37-38H2,1-6H3. The second-order valence-corrected chi connectivity index (χ2v) is 12.9. The molecular weight excluding hydrogens is 552 g/mol. The van der Waals surface area contributed by atoms with Crippen LogP contribution in [0.3, 0.4) is 0 Å². The number of nitrogens with zero attached hydrogens (tertiary/aromatic N) is 2. The summed E-state index contributed by atoms with van der Waals surface area (Å²) < 4.78 is 0. The van der Waals surface area contributed by atoms with Gasteiger partial charge in [-0.05, 0) is 75.6 Å². The third-order valence-electron chi connectivity index (χ3n) is 7.54. The molecule has 2 rings (SSSR count). The van der Waals surface area contributed by atoms with Crippen molar-refractivity contribution in [1.29, 1.82) is 0 Å². The van der Waals surface area contributed by atoms with Gasteiger partial charge < -0.3 is 21.3 Å². The van der Waals surface area contributed by atoms with Crippen LogP contribution in [0.1, 0.15) is 89.5 Å². The third kappa shape index (κ3) is 12.5. The number of rotatable bonds is 18. The Labute approximate surface area is 265 Å². The van der Waals surface area contributed by atoms with Gasteiger partial charge in [0.05, 0.1) is 0 Å². The summed E-state index contributed by atoms with van der Waals surface area (Å²) in [6, 6.07) is 16.4. The van der Waals surface area contributed by atoms with Crippen LogP contribution in [0.2, 0.25) is 0 Å². The Kier molecular flexibility index (Phi) is 16.0. The van der Waals surface area contributed by atoms with Crippen molar-refractivity contribution in [3.8, 4) is 0 Å². The van der Waals surface area contributed by atoms with Crippen LogP contribution in [0.5, 0.6) is 0 Å². The lowest BCUT2D eigenvalue weighted by molar-refractivity contribution is -0.128. The molecule has 0 fully saturated rings. The van der Waals surface area contributed by atoms with Crippen molar-refractivity contribution in [1.82, 2.24) is 9.80 Å². The molecule has 0 saturated heterocycles. The van der Waals surface area contributed by atoms with Gasteiger partial charge in [-0.15, -0.1) is 0 Å². The average molecular weight is 607 g/mol. The molecule has 0 spiro atoms. The van der Waals surface area contributed by atoms with E-state index in [4.69, 9.17) is 11.5 Å². The van der Waals surface area contributed by atoms with Crippen molar-refractivity contribution in [2.45, 2.75) is 92.2 Å². The van der Waals surface area contributed by atoms with Gasteiger partial charge in [0.15, 0.2) is 0 Å². The highest BCUT2D eigenvalue weighted by molar-refractivity contribution is 7.99. The highest BCUT2D eigenvalue weighted by Crippen LogP contribution is 2.16. The molecule has 0 aliphatic heterocycles. The summed E-state index contributed by atoms with van der Waals surface area (Å²) in [5.74, 6) is 1.38. The van der Waals surface area contributed by atoms with Crippen molar-refractivity contribution >= 4 is 35.0 Å². The van der Waals surface area contributed by atoms with Gasteiger partial charge in [0, 0.05) is 60.2 Å². The summed E-state index contributed by atoms with van der Waals surface area (Å²) in [6.45, 7) is 13.7. The van der Waals surface area contributed by atoms with Crippen molar-refractivity contribution in [3.05, 3.63) is 82.9 Å². The van der Waals surface area contributed by atoms with E-state index < -0.39 is 0 Å². The maximum Gasteiger partial charge on any atom is 0.248 e. The number of amides is 2. The number of carbonyl (C=O) groups excluding carboxylic acids is 2. The van der Waals surface area contributed by atoms with Crippen molar-refractivity contribution in [3.63, 3.8) is 0 Å². The molecule has 2 amide bonds. The fourth-order valence-electron chi connectivity index (χ4n) is 4.76. The van der Waals surface area contributed by atoms with E-state index in [1.54, 1.807) is 23.9 Å². The normalized spacial score (nSPS) is 12.2. The Balaban J connectivity index is 1.89. The number of aryl methyl sites for hydroxylation is 2. The topological polar surface area (TPSA) is 92.7 Å². The minimum atomic E-state index is -0.0823. The number of thioether (sulfide) groups is 1. The second-order valence-electron chi connectivity index (χ2n) is 11.7. The van der Waals surface area contributed by atoms with Gasteiger partial charge in [-0.3, -0.25) is 9.59 Å². The van der Waals surface area contributed by atoms with Gasteiger partial charge in [-0.1, -0.05) is 75.2 Å². The zero-order chi connectivity index (χ0) is 31.8. The molecule has 6 nitrogen and oxygen atoms in total. The van der Waals surface area contributed by atoms with Crippen LogP contribution in [0.15, 0.2) is 60.7 Å². The number of nitrogens with two attached hydrogens (primary N) is 2. The van der Waals surface area contributed by atoms with Crippen molar-refractivity contribution in [2.24, 2.45) is 11.5 Å². The first-order valence-corrected chi connectivity index (χ1v) is 17.0. The first-order valence-electron chi connectivity index (χ1n) is 15.9. The SMILES string of the molecule is CCCCc1ccc(C(N)=CC(=O)N(CCSCCN(C(=O)C=C(N)c2ccc(CCCC)cc2)C(C)C)C(C)C)cc1. The smallest absolute Gasteiger partial charge is 0.248 e. The lowest BCUT2D eigenvalue weighted by Gasteiger charge is -2.27. The largest absolute Gasteiger partial charge is 0.398 e. The Hall–Kier alpha value is -3.19. The van der Waals surface area contributed by atoms with Crippen LogP contribution in [-0.4, -0.2) is 58.3 Å². The Bertz CT molecular complexity index is 1090. The first kappa shape index (κ1) is 36.0. The van der Waals surface area contributed by atoms with E-state index in [0.717, 1.165) is 61.2 Å². The van der Waals surface area contributed by atoms with Gasteiger partial charge in [-0.25, -0.2) is 0 Å². The van der Waals surface area contributed by atoms with E-state index in [1.165, 1.54) is 11.1 Å². The minimum absolute atomic E-state index is 0.0520. The molecular formula is C36H54N4O2S. The van der Waals surface area contributed by atoms with E-state index in [2.05, 4.69) is 38.1 Å². The summed E-state index contributed by atoms with van der Waals surface area (Å²) in [5, 5.41) is 0. The Morgan fingerprint density at radius 3 is 1.33 bits per heavy atom. The number of hydrogen-bond donors (Lipinski definition) is 2. The van der Waals surface area contributed by atoms with Crippen LogP contribution in [0.4, 0.5) is 0 Å². The minimum Gasteiger partial charge on any atom is -0.398 e. The van der Waals surface area contributed by atoms with E-state index in [9.17, 15) is 9.59 Å². The molecule has 7 heteroatoms. The van der Waals surface area contributed by atoms with Gasteiger partial charge in [0.2, 0.25) is 11.8 Å². The van der Waals surface area contributed by atoms with Crippen molar-refractivity contribution in [2.75, 3.05) is 24.6 Å². The molecule has 0 unspecified atom stereocenters. The zero-order valence-corrected chi connectivity index (χ0v) is 28.1. The van der Waals surface area contributed by atoms with Gasteiger partial charge in [-0.2, -0.15) is 11.8 Å². The van der Waals surface area contributed by atoms with Gasteiger partial charge >= 0.3 is 0 Å². The maximum atomic E-state index is 13.1. The molecule has 0 saturated carbocycles. The van der Waals surface area contributed by atoms with Crippen LogP contribution < -0.4 is 11.5 Å². The molecule has 2 aromatic rings. The molecule has 236 valence electrons. The lowest BCUT2D eigenvalue weighted by atomic mass is 10.0. The number of carbonyl (C=O) groups is 2. The van der Waals surface area contributed by atoms with E-state index in [-0.39, 0.29) is 23.9 Å². The predicted octanol–water partition coefficient (Wildman–Crippen LogP) is 6.88. The summed E-state index contributed by atoms with van der Waals surface area (Å²) >= 11 is 1.73.